The summed E-state index contributed by atoms with van der Waals surface area (Å²) in [4.78, 5) is 0. The third-order valence-corrected chi connectivity index (χ3v) is 3.32. The van der Waals surface area contributed by atoms with Gasteiger partial charge in [0, 0.05) is 17.6 Å². The molecule has 0 saturated heterocycles. The molecule has 0 atom stereocenters. The van der Waals surface area contributed by atoms with Crippen LogP contribution in [0.4, 0.5) is 5.00 Å². The summed E-state index contributed by atoms with van der Waals surface area (Å²) in [6.07, 6.45) is 7.09. The van der Waals surface area contributed by atoms with Crippen molar-refractivity contribution in [3.05, 3.63) is 6.20 Å². The van der Waals surface area contributed by atoms with E-state index in [1.807, 2.05) is 6.20 Å². The maximum Gasteiger partial charge on any atom is 0.130 e. The second-order valence-corrected chi connectivity index (χ2v) is 4.67. The van der Waals surface area contributed by atoms with Gasteiger partial charge in [0.25, 0.3) is 0 Å². The minimum Gasteiger partial charge on any atom is -0.372 e. The van der Waals surface area contributed by atoms with E-state index in [9.17, 15) is 0 Å². The molecule has 1 aliphatic rings. The fourth-order valence-electron chi connectivity index (χ4n) is 1.84. The third-order valence-electron chi connectivity index (χ3n) is 2.72. The van der Waals surface area contributed by atoms with E-state index in [2.05, 4.69) is 21.8 Å². The molecule has 3 nitrogen and oxygen atoms in total. The summed E-state index contributed by atoms with van der Waals surface area (Å²) in [5.41, 5.74) is 0. The fraction of sp³-hybridized carbons (Fsp3) is 0.778. The van der Waals surface area contributed by atoms with Gasteiger partial charge in [0.15, 0.2) is 0 Å². The molecule has 0 aliphatic heterocycles. The van der Waals surface area contributed by atoms with Crippen LogP contribution in [0.25, 0.3) is 0 Å². The van der Waals surface area contributed by atoms with Gasteiger partial charge in [-0.05, 0) is 31.6 Å². The number of aromatic nitrogens is 2. The smallest absolute Gasteiger partial charge is 0.130 e. The fourth-order valence-corrected chi connectivity index (χ4v) is 2.33. The zero-order valence-corrected chi connectivity index (χ0v) is 8.68. The molecule has 0 bridgehead atoms. The van der Waals surface area contributed by atoms with Crippen LogP contribution in [0.5, 0.6) is 0 Å². The van der Waals surface area contributed by atoms with Crippen LogP contribution in [0.2, 0.25) is 0 Å². The third kappa shape index (κ3) is 2.40. The van der Waals surface area contributed by atoms with E-state index in [-0.39, 0.29) is 0 Å². The Balaban J connectivity index is 1.83. The van der Waals surface area contributed by atoms with Crippen molar-refractivity contribution in [2.45, 2.75) is 38.6 Å². The van der Waals surface area contributed by atoms with Crippen LogP contribution in [0.15, 0.2) is 6.20 Å². The molecule has 1 aromatic rings. The van der Waals surface area contributed by atoms with Crippen molar-refractivity contribution in [1.82, 2.24) is 9.59 Å². The lowest BCUT2D eigenvalue weighted by molar-refractivity contribution is 0.361. The quantitative estimate of drug-likeness (QED) is 0.791. The Morgan fingerprint density at radius 3 is 2.77 bits per heavy atom. The SMILES string of the molecule is CC1CCC(Nc2cnns2)CC1. The summed E-state index contributed by atoms with van der Waals surface area (Å²) in [6.45, 7) is 2.34. The zero-order valence-electron chi connectivity index (χ0n) is 7.86. The molecule has 1 fully saturated rings. The Kier molecular flexibility index (Phi) is 2.78. The Morgan fingerprint density at radius 2 is 2.15 bits per heavy atom. The predicted octanol–water partition coefficient (Wildman–Crippen LogP) is 2.53. The molecule has 1 aromatic heterocycles. The molecule has 13 heavy (non-hydrogen) atoms. The molecule has 1 heterocycles. The van der Waals surface area contributed by atoms with Gasteiger partial charge in [-0.3, -0.25) is 0 Å². The van der Waals surface area contributed by atoms with Crippen LogP contribution in [0.3, 0.4) is 0 Å². The lowest BCUT2D eigenvalue weighted by Gasteiger charge is -2.26. The van der Waals surface area contributed by atoms with E-state index >= 15 is 0 Å². The van der Waals surface area contributed by atoms with Gasteiger partial charge in [-0.1, -0.05) is 11.4 Å². The van der Waals surface area contributed by atoms with Gasteiger partial charge in [0.2, 0.25) is 0 Å². The molecule has 4 heteroatoms. The number of anilines is 1. The maximum atomic E-state index is 3.83. The first kappa shape index (κ1) is 8.94. The van der Waals surface area contributed by atoms with Crippen molar-refractivity contribution >= 4 is 16.5 Å². The standard InChI is InChI=1S/C9H15N3S/c1-7-2-4-8(5-3-7)11-9-6-10-12-13-9/h6-8,11H,2-5H2,1H3. The van der Waals surface area contributed by atoms with Gasteiger partial charge in [-0.2, -0.15) is 0 Å². The van der Waals surface area contributed by atoms with E-state index < -0.39 is 0 Å². The summed E-state index contributed by atoms with van der Waals surface area (Å²) in [7, 11) is 0. The van der Waals surface area contributed by atoms with Crippen LogP contribution in [-0.2, 0) is 0 Å². The van der Waals surface area contributed by atoms with E-state index in [4.69, 9.17) is 0 Å². The van der Waals surface area contributed by atoms with Gasteiger partial charge in [0.1, 0.15) is 5.00 Å². The average molecular weight is 197 g/mol. The number of hydrogen-bond donors (Lipinski definition) is 1. The van der Waals surface area contributed by atoms with Crippen molar-refractivity contribution in [1.29, 1.82) is 0 Å². The van der Waals surface area contributed by atoms with Crippen molar-refractivity contribution in [2.24, 2.45) is 5.92 Å². The molecule has 1 N–H and O–H groups in total. The summed E-state index contributed by atoms with van der Waals surface area (Å²) in [5.74, 6) is 0.914. The van der Waals surface area contributed by atoms with Crippen LogP contribution in [-0.4, -0.2) is 15.6 Å². The molecule has 1 saturated carbocycles. The lowest BCUT2D eigenvalue weighted by Crippen LogP contribution is -2.24. The largest absolute Gasteiger partial charge is 0.372 e. The lowest BCUT2D eigenvalue weighted by atomic mass is 9.87. The van der Waals surface area contributed by atoms with Gasteiger partial charge in [-0.15, -0.1) is 5.10 Å². The van der Waals surface area contributed by atoms with Crippen molar-refractivity contribution in [3.8, 4) is 0 Å². The summed E-state index contributed by atoms with van der Waals surface area (Å²) in [5, 5.41) is 8.39. The molecule has 0 amide bonds. The molecule has 72 valence electrons. The zero-order chi connectivity index (χ0) is 9.10. The molecule has 0 unspecified atom stereocenters. The highest BCUT2D eigenvalue weighted by molar-refractivity contribution is 7.09. The van der Waals surface area contributed by atoms with Crippen molar-refractivity contribution in [2.75, 3.05) is 5.32 Å². The normalized spacial score (nSPS) is 28.7. The second-order valence-electron chi connectivity index (χ2n) is 3.88. The highest BCUT2D eigenvalue weighted by atomic mass is 32.1. The molecule has 0 radical (unpaired) electrons. The highest BCUT2D eigenvalue weighted by Crippen LogP contribution is 2.26. The molecular formula is C9H15N3S. The Hall–Kier alpha value is -0.640. The first-order chi connectivity index (χ1) is 6.34. The minimum atomic E-state index is 0.651. The summed E-state index contributed by atoms with van der Waals surface area (Å²) in [6, 6.07) is 0.651. The Labute approximate surface area is 82.7 Å². The molecule has 0 spiro atoms. The van der Waals surface area contributed by atoms with E-state index in [0.29, 0.717) is 6.04 Å². The number of rotatable bonds is 2. The second kappa shape index (κ2) is 4.05. The highest BCUT2D eigenvalue weighted by Gasteiger charge is 2.18. The monoisotopic (exact) mass is 197 g/mol. The van der Waals surface area contributed by atoms with Crippen LogP contribution >= 0.6 is 11.5 Å². The average Bonchev–Trinajstić information content (AvgIpc) is 2.62. The number of nitrogens with one attached hydrogen (secondary N) is 1. The van der Waals surface area contributed by atoms with E-state index in [0.717, 1.165) is 10.9 Å². The maximum absolute atomic E-state index is 3.83. The van der Waals surface area contributed by atoms with Gasteiger partial charge >= 0.3 is 0 Å². The minimum absolute atomic E-state index is 0.651. The van der Waals surface area contributed by atoms with Crippen LogP contribution in [0.1, 0.15) is 32.6 Å². The van der Waals surface area contributed by atoms with E-state index in [1.54, 1.807) is 0 Å². The predicted molar refractivity (Wildman–Crippen MR) is 55.0 cm³/mol. The Bertz CT molecular complexity index is 239. The number of hydrogen-bond acceptors (Lipinski definition) is 4. The van der Waals surface area contributed by atoms with E-state index in [1.165, 1.54) is 37.2 Å². The molecular weight excluding hydrogens is 182 g/mol. The first-order valence-corrected chi connectivity index (χ1v) is 5.66. The summed E-state index contributed by atoms with van der Waals surface area (Å²) >= 11 is 1.45. The molecule has 2 rings (SSSR count). The topological polar surface area (TPSA) is 37.8 Å². The van der Waals surface area contributed by atoms with Gasteiger partial charge in [0.05, 0.1) is 6.20 Å². The molecule has 1 aliphatic carbocycles. The number of nitrogens with zero attached hydrogens (tertiary/aromatic N) is 2. The summed E-state index contributed by atoms with van der Waals surface area (Å²) < 4.78 is 3.83. The Morgan fingerprint density at radius 1 is 1.38 bits per heavy atom. The van der Waals surface area contributed by atoms with Crippen LogP contribution in [0, 0.1) is 5.92 Å². The van der Waals surface area contributed by atoms with Crippen molar-refractivity contribution in [3.63, 3.8) is 0 Å². The van der Waals surface area contributed by atoms with Gasteiger partial charge in [-0.25, -0.2) is 0 Å². The molecule has 0 aromatic carbocycles. The van der Waals surface area contributed by atoms with Gasteiger partial charge < -0.3 is 5.32 Å². The van der Waals surface area contributed by atoms with Crippen LogP contribution < -0.4 is 5.32 Å². The van der Waals surface area contributed by atoms with Crippen molar-refractivity contribution < 1.29 is 0 Å². The first-order valence-electron chi connectivity index (χ1n) is 4.88.